The van der Waals surface area contributed by atoms with Gasteiger partial charge in [-0.2, -0.15) is 5.26 Å². The quantitative estimate of drug-likeness (QED) is 0.821. The van der Waals surface area contributed by atoms with Crippen molar-refractivity contribution in [2.24, 2.45) is 0 Å². The number of hydrogen-bond donors (Lipinski definition) is 0. The van der Waals surface area contributed by atoms with Crippen molar-refractivity contribution in [1.82, 2.24) is 9.80 Å². The maximum atomic E-state index is 13.5. The predicted molar refractivity (Wildman–Crippen MR) is 110 cm³/mol. The van der Waals surface area contributed by atoms with Crippen LogP contribution in [-0.2, 0) is 16.8 Å². The standard InChI is InChI=1S/C24H27N3O/c25-18-20-8-10-21(11-9-20)19-26-14-16-27(17-15-26)23(28)24(12-4-5-13-24)22-6-2-1-3-7-22/h1-3,6-11H,4-5,12-17,19H2. The average molecular weight is 374 g/mol. The number of carbonyl (C=O) groups excluding carboxylic acids is 1. The Morgan fingerprint density at radius 3 is 2.18 bits per heavy atom. The molecule has 2 aromatic rings. The second kappa shape index (κ2) is 8.16. The third-order valence-corrected chi connectivity index (χ3v) is 6.34. The van der Waals surface area contributed by atoms with Gasteiger partial charge in [0, 0.05) is 32.7 Å². The minimum Gasteiger partial charge on any atom is -0.339 e. The van der Waals surface area contributed by atoms with Crippen molar-refractivity contribution in [1.29, 1.82) is 5.26 Å². The zero-order valence-electron chi connectivity index (χ0n) is 16.3. The molecule has 0 spiro atoms. The zero-order chi connectivity index (χ0) is 19.4. The van der Waals surface area contributed by atoms with Crippen LogP contribution in [0.2, 0.25) is 0 Å². The molecule has 1 aliphatic carbocycles. The molecule has 0 N–H and O–H groups in total. The van der Waals surface area contributed by atoms with Crippen molar-refractivity contribution in [2.75, 3.05) is 26.2 Å². The van der Waals surface area contributed by atoms with Gasteiger partial charge in [-0.3, -0.25) is 9.69 Å². The first-order chi connectivity index (χ1) is 13.7. The SMILES string of the molecule is N#Cc1ccc(CN2CCN(C(=O)C3(c4ccccc4)CCCC3)CC2)cc1. The van der Waals surface area contributed by atoms with Crippen LogP contribution in [0.4, 0.5) is 0 Å². The highest BCUT2D eigenvalue weighted by molar-refractivity contribution is 5.88. The molecule has 4 heteroatoms. The van der Waals surface area contributed by atoms with E-state index in [0.29, 0.717) is 11.5 Å². The van der Waals surface area contributed by atoms with Crippen molar-refractivity contribution >= 4 is 5.91 Å². The molecule has 2 fully saturated rings. The van der Waals surface area contributed by atoms with Crippen LogP contribution in [0.5, 0.6) is 0 Å². The molecule has 4 nitrogen and oxygen atoms in total. The molecule has 2 aliphatic rings. The maximum absolute atomic E-state index is 13.5. The van der Waals surface area contributed by atoms with Crippen LogP contribution in [-0.4, -0.2) is 41.9 Å². The van der Waals surface area contributed by atoms with Gasteiger partial charge >= 0.3 is 0 Å². The van der Waals surface area contributed by atoms with Gasteiger partial charge in [-0.25, -0.2) is 0 Å². The fraction of sp³-hybridized carbons (Fsp3) is 0.417. The molecule has 1 heterocycles. The summed E-state index contributed by atoms with van der Waals surface area (Å²) in [6.45, 7) is 4.26. The molecule has 1 saturated heterocycles. The van der Waals surface area contributed by atoms with Crippen LogP contribution < -0.4 is 0 Å². The molecule has 0 unspecified atom stereocenters. The van der Waals surface area contributed by atoms with E-state index in [2.05, 4.69) is 40.1 Å². The summed E-state index contributed by atoms with van der Waals surface area (Å²) < 4.78 is 0. The topological polar surface area (TPSA) is 47.3 Å². The summed E-state index contributed by atoms with van der Waals surface area (Å²) in [4.78, 5) is 18.0. The van der Waals surface area contributed by atoms with Gasteiger partial charge in [-0.15, -0.1) is 0 Å². The van der Waals surface area contributed by atoms with E-state index in [1.165, 1.54) is 11.1 Å². The van der Waals surface area contributed by atoms with Crippen molar-refractivity contribution < 1.29 is 4.79 Å². The monoisotopic (exact) mass is 373 g/mol. The normalized spacial score (nSPS) is 19.3. The smallest absolute Gasteiger partial charge is 0.233 e. The highest BCUT2D eigenvalue weighted by Crippen LogP contribution is 2.42. The van der Waals surface area contributed by atoms with Gasteiger partial charge in [-0.05, 0) is 36.1 Å². The molecule has 1 amide bonds. The van der Waals surface area contributed by atoms with E-state index in [-0.39, 0.29) is 5.41 Å². The lowest BCUT2D eigenvalue weighted by Crippen LogP contribution is -2.53. The predicted octanol–water partition coefficient (Wildman–Crippen LogP) is 3.71. The Balaban J connectivity index is 1.40. The zero-order valence-corrected chi connectivity index (χ0v) is 16.3. The second-order valence-corrected chi connectivity index (χ2v) is 8.03. The Hall–Kier alpha value is -2.64. The van der Waals surface area contributed by atoms with E-state index in [0.717, 1.165) is 58.4 Å². The van der Waals surface area contributed by atoms with Crippen molar-refractivity contribution in [3.8, 4) is 6.07 Å². The first kappa shape index (κ1) is 18.7. The van der Waals surface area contributed by atoms with Gasteiger partial charge < -0.3 is 4.90 Å². The summed E-state index contributed by atoms with van der Waals surface area (Å²) in [5.41, 5.74) is 2.80. The van der Waals surface area contributed by atoms with E-state index in [4.69, 9.17) is 5.26 Å². The largest absolute Gasteiger partial charge is 0.339 e. The summed E-state index contributed by atoms with van der Waals surface area (Å²) >= 11 is 0. The fourth-order valence-corrected chi connectivity index (χ4v) is 4.72. The summed E-state index contributed by atoms with van der Waals surface area (Å²) in [5, 5.41) is 8.93. The summed E-state index contributed by atoms with van der Waals surface area (Å²) in [5.74, 6) is 0.328. The number of nitrogens with zero attached hydrogens (tertiary/aromatic N) is 3. The molecule has 1 saturated carbocycles. The van der Waals surface area contributed by atoms with Crippen LogP contribution in [0.3, 0.4) is 0 Å². The molecule has 0 aromatic heterocycles. The summed E-state index contributed by atoms with van der Waals surface area (Å²) in [6.07, 6.45) is 4.22. The molecule has 144 valence electrons. The Bertz CT molecular complexity index is 840. The van der Waals surface area contributed by atoms with Crippen molar-refractivity contribution in [3.05, 3.63) is 71.3 Å². The third kappa shape index (κ3) is 3.68. The molecular formula is C24H27N3O. The Kier molecular flexibility index (Phi) is 5.45. The number of benzene rings is 2. The van der Waals surface area contributed by atoms with Gasteiger partial charge in [0.2, 0.25) is 5.91 Å². The Morgan fingerprint density at radius 1 is 0.929 bits per heavy atom. The summed E-state index contributed by atoms with van der Waals surface area (Å²) in [7, 11) is 0. The Labute approximate surface area is 167 Å². The van der Waals surface area contributed by atoms with Crippen LogP contribution in [0.15, 0.2) is 54.6 Å². The van der Waals surface area contributed by atoms with E-state index < -0.39 is 0 Å². The van der Waals surface area contributed by atoms with Crippen LogP contribution in [0, 0.1) is 11.3 Å². The van der Waals surface area contributed by atoms with Gasteiger partial charge in [0.15, 0.2) is 0 Å². The minimum absolute atomic E-state index is 0.309. The van der Waals surface area contributed by atoms with E-state index >= 15 is 0 Å². The number of nitriles is 1. The summed E-state index contributed by atoms with van der Waals surface area (Å²) in [6, 6.07) is 20.4. The maximum Gasteiger partial charge on any atom is 0.233 e. The highest BCUT2D eigenvalue weighted by Gasteiger charge is 2.45. The van der Waals surface area contributed by atoms with Crippen molar-refractivity contribution in [2.45, 2.75) is 37.6 Å². The second-order valence-electron chi connectivity index (χ2n) is 8.03. The fourth-order valence-electron chi connectivity index (χ4n) is 4.72. The lowest BCUT2D eigenvalue weighted by Gasteiger charge is -2.40. The van der Waals surface area contributed by atoms with Gasteiger partial charge in [0.05, 0.1) is 17.0 Å². The molecule has 1 aliphatic heterocycles. The lowest BCUT2D eigenvalue weighted by molar-refractivity contribution is -0.139. The Morgan fingerprint density at radius 2 is 1.57 bits per heavy atom. The molecule has 2 aromatic carbocycles. The van der Waals surface area contributed by atoms with E-state index in [1.807, 2.05) is 30.3 Å². The third-order valence-electron chi connectivity index (χ3n) is 6.34. The molecule has 0 radical (unpaired) electrons. The van der Waals surface area contributed by atoms with Crippen LogP contribution in [0.1, 0.15) is 42.4 Å². The van der Waals surface area contributed by atoms with E-state index in [9.17, 15) is 4.79 Å². The minimum atomic E-state index is -0.309. The number of carbonyl (C=O) groups is 1. The van der Waals surface area contributed by atoms with Crippen molar-refractivity contribution in [3.63, 3.8) is 0 Å². The van der Waals surface area contributed by atoms with Gasteiger partial charge in [-0.1, -0.05) is 55.3 Å². The van der Waals surface area contributed by atoms with Crippen LogP contribution in [0.25, 0.3) is 0 Å². The lowest BCUT2D eigenvalue weighted by atomic mass is 9.77. The first-order valence-electron chi connectivity index (χ1n) is 10.3. The molecule has 4 rings (SSSR count). The van der Waals surface area contributed by atoms with E-state index in [1.54, 1.807) is 0 Å². The molecule has 28 heavy (non-hydrogen) atoms. The molecular weight excluding hydrogens is 346 g/mol. The number of hydrogen-bond acceptors (Lipinski definition) is 3. The molecule has 0 bridgehead atoms. The highest BCUT2D eigenvalue weighted by atomic mass is 16.2. The average Bonchev–Trinajstić information content (AvgIpc) is 3.26. The number of piperazine rings is 1. The van der Waals surface area contributed by atoms with Gasteiger partial charge in [0.1, 0.15) is 0 Å². The number of rotatable bonds is 4. The van der Waals surface area contributed by atoms with Crippen LogP contribution >= 0.6 is 0 Å². The molecule has 0 atom stereocenters. The first-order valence-corrected chi connectivity index (χ1v) is 10.3. The number of amides is 1. The van der Waals surface area contributed by atoms with Gasteiger partial charge in [0.25, 0.3) is 0 Å².